The highest BCUT2D eigenvalue weighted by Gasteiger charge is 2.14. The second-order valence-corrected chi connectivity index (χ2v) is 6.36. The van der Waals surface area contributed by atoms with Crippen molar-refractivity contribution in [2.75, 3.05) is 5.32 Å². The highest BCUT2D eigenvalue weighted by Crippen LogP contribution is 2.26. The van der Waals surface area contributed by atoms with Crippen LogP contribution in [0.1, 0.15) is 9.67 Å². The van der Waals surface area contributed by atoms with Gasteiger partial charge in [-0.3, -0.25) is 9.59 Å². The van der Waals surface area contributed by atoms with E-state index >= 15 is 0 Å². The van der Waals surface area contributed by atoms with Gasteiger partial charge in [0, 0.05) is 5.56 Å². The van der Waals surface area contributed by atoms with E-state index in [4.69, 9.17) is 0 Å². The topological polar surface area (TPSA) is 74.8 Å². The molecule has 4 rings (SSSR count). The number of rotatable bonds is 3. The summed E-state index contributed by atoms with van der Waals surface area (Å²) < 4.78 is 0. The van der Waals surface area contributed by atoms with Crippen LogP contribution >= 0.6 is 11.3 Å². The van der Waals surface area contributed by atoms with Crippen LogP contribution in [0.3, 0.4) is 0 Å². The second kappa shape index (κ2) is 6.33. The standard InChI is InChI=1S/C19H13N3O2S/c23-18(16-10-5-11-25-16)21-13-7-2-1-6-12(13)17-19(24)22-15-9-4-3-8-14(15)20-17/h1-11H,(H,21,23)(H,22,24). The number of carbonyl (C=O) groups is 1. The van der Waals surface area contributed by atoms with Crippen LogP contribution in [-0.4, -0.2) is 15.9 Å². The van der Waals surface area contributed by atoms with Gasteiger partial charge >= 0.3 is 0 Å². The minimum atomic E-state index is -0.295. The van der Waals surface area contributed by atoms with E-state index in [9.17, 15) is 9.59 Å². The molecule has 2 N–H and O–H groups in total. The van der Waals surface area contributed by atoms with E-state index in [-0.39, 0.29) is 17.2 Å². The van der Waals surface area contributed by atoms with Crippen molar-refractivity contribution in [3.8, 4) is 11.3 Å². The van der Waals surface area contributed by atoms with Gasteiger partial charge in [0.25, 0.3) is 11.5 Å². The molecule has 122 valence electrons. The number of hydrogen-bond donors (Lipinski definition) is 2. The number of aromatic nitrogens is 2. The maximum absolute atomic E-state index is 12.5. The van der Waals surface area contributed by atoms with Crippen molar-refractivity contribution in [1.29, 1.82) is 0 Å². The molecule has 5 nitrogen and oxygen atoms in total. The predicted molar refractivity (Wildman–Crippen MR) is 100 cm³/mol. The van der Waals surface area contributed by atoms with Crippen molar-refractivity contribution >= 4 is 34.0 Å². The number of fused-ring (bicyclic) bond motifs is 1. The first-order valence-corrected chi connectivity index (χ1v) is 8.53. The number of benzene rings is 2. The molecule has 4 aromatic rings. The van der Waals surface area contributed by atoms with Crippen molar-refractivity contribution < 1.29 is 4.79 Å². The molecule has 0 atom stereocenters. The minimum absolute atomic E-state index is 0.209. The van der Waals surface area contributed by atoms with Gasteiger partial charge in [0.1, 0.15) is 5.69 Å². The number of anilines is 1. The van der Waals surface area contributed by atoms with Gasteiger partial charge in [0.15, 0.2) is 0 Å². The quantitative estimate of drug-likeness (QED) is 0.590. The summed E-state index contributed by atoms with van der Waals surface area (Å²) in [7, 11) is 0. The molecule has 2 aromatic heterocycles. The van der Waals surface area contributed by atoms with Gasteiger partial charge in [-0.1, -0.05) is 36.4 Å². The van der Waals surface area contributed by atoms with Crippen LogP contribution in [0.15, 0.2) is 70.8 Å². The third-order valence-corrected chi connectivity index (χ3v) is 4.64. The Morgan fingerprint density at radius 3 is 2.64 bits per heavy atom. The van der Waals surface area contributed by atoms with Crippen molar-refractivity contribution in [1.82, 2.24) is 9.97 Å². The maximum Gasteiger partial charge on any atom is 0.275 e. The average molecular weight is 347 g/mol. The number of hydrogen-bond acceptors (Lipinski definition) is 4. The maximum atomic E-state index is 12.5. The fourth-order valence-corrected chi connectivity index (χ4v) is 3.22. The lowest BCUT2D eigenvalue weighted by atomic mass is 10.1. The molecular weight excluding hydrogens is 334 g/mol. The van der Waals surface area contributed by atoms with E-state index in [1.54, 1.807) is 24.3 Å². The Bertz CT molecular complexity index is 1120. The average Bonchev–Trinajstić information content (AvgIpc) is 3.17. The number of nitrogens with zero attached hydrogens (tertiary/aromatic N) is 1. The normalized spacial score (nSPS) is 10.7. The molecule has 0 aliphatic carbocycles. The van der Waals surface area contributed by atoms with E-state index in [0.29, 0.717) is 27.2 Å². The third kappa shape index (κ3) is 2.95. The van der Waals surface area contributed by atoms with Gasteiger partial charge < -0.3 is 10.3 Å². The van der Waals surface area contributed by atoms with Crippen LogP contribution in [0.2, 0.25) is 0 Å². The van der Waals surface area contributed by atoms with Crippen LogP contribution in [0.4, 0.5) is 5.69 Å². The van der Waals surface area contributed by atoms with Crippen molar-refractivity contribution in [2.24, 2.45) is 0 Å². The highest BCUT2D eigenvalue weighted by molar-refractivity contribution is 7.12. The first-order chi connectivity index (χ1) is 12.2. The van der Waals surface area contributed by atoms with Gasteiger partial charge in [0.2, 0.25) is 0 Å². The summed E-state index contributed by atoms with van der Waals surface area (Å²) in [5.74, 6) is -0.209. The zero-order chi connectivity index (χ0) is 17.2. The highest BCUT2D eigenvalue weighted by atomic mass is 32.1. The predicted octanol–water partition coefficient (Wildman–Crippen LogP) is 3.90. The van der Waals surface area contributed by atoms with Gasteiger partial charge in [-0.25, -0.2) is 4.98 Å². The number of nitrogens with one attached hydrogen (secondary N) is 2. The van der Waals surface area contributed by atoms with E-state index in [2.05, 4.69) is 15.3 Å². The molecule has 25 heavy (non-hydrogen) atoms. The molecule has 0 spiro atoms. The lowest BCUT2D eigenvalue weighted by molar-refractivity contribution is 0.103. The Labute approximate surface area is 147 Å². The first kappa shape index (κ1) is 15.3. The van der Waals surface area contributed by atoms with Gasteiger partial charge in [0.05, 0.1) is 21.6 Å². The summed E-state index contributed by atoms with van der Waals surface area (Å²) in [6.07, 6.45) is 0. The summed E-state index contributed by atoms with van der Waals surface area (Å²) in [6, 6.07) is 18.1. The number of carbonyl (C=O) groups excluding carboxylic acids is 1. The summed E-state index contributed by atoms with van der Waals surface area (Å²) in [6.45, 7) is 0. The molecule has 0 bridgehead atoms. The van der Waals surface area contributed by atoms with Crippen LogP contribution in [0.5, 0.6) is 0 Å². The fraction of sp³-hybridized carbons (Fsp3) is 0. The molecule has 0 radical (unpaired) electrons. The number of H-pyrrole nitrogens is 1. The molecular formula is C19H13N3O2S. The van der Waals surface area contributed by atoms with E-state index < -0.39 is 0 Å². The lowest BCUT2D eigenvalue weighted by Gasteiger charge is -2.10. The second-order valence-electron chi connectivity index (χ2n) is 5.41. The largest absolute Gasteiger partial charge is 0.321 e. The zero-order valence-corrected chi connectivity index (χ0v) is 13.8. The Morgan fingerprint density at radius 2 is 1.80 bits per heavy atom. The Kier molecular flexibility index (Phi) is 3.87. The Morgan fingerprint density at radius 1 is 1.00 bits per heavy atom. The van der Waals surface area contributed by atoms with Crippen LogP contribution < -0.4 is 10.9 Å². The SMILES string of the molecule is O=C(Nc1ccccc1-c1nc2ccccc2[nH]c1=O)c1cccs1. The molecule has 1 amide bonds. The number of thiophene rings is 1. The first-order valence-electron chi connectivity index (χ1n) is 7.66. The summed E-state index contributed by atoms with van der Waals surface area (Å²) in [4.78, 5) is 32.7. The van der Waals surface area contributed by atoms with Crippen molar-refractivity contribution in [3.05, 3.63) is 81.3 Å². The number of aromatic amines is 1. The fourth-order valence-electron chi connectivity index (χ4n) is 2.60. The van der Waals surface area contributed by atoms with Crippen LogP contribution in [0.25, 0.3) is 22.3 Å². The van der Waals surface area contributed by atoms with Crippen molar-refractivity contribution in [3.63, 3.8) is 0 Å². The molecule has 0 aliphatic heterocycles. The molecule has 2 heterocycles. The van der Waals surface area contributed by atoms with Gasteiger partial charge in [-0.05, 0) is 29.6 Å². The third-order valence-electron chi connectivity index (χ3n) is 3.77. The lowest BCUT2D eigenvalue weighted by Crippen LogP contribution is -2.15. The summed E-state index contributed by atoms with van der Waals surface area (Å²) in [5.41, 5.74) is 2.48. The van der Waals surface area contributed by atoms with Crippen LogP contribution in [0, 0.1) is 0 Å². The smallest absolute Gasteiger partial charge is 0.275 e. The molecule has 0 saturated heterocycles. The zero-order valence-electron chi connectivity index (χ0n) is 13.0. The molecule has 0 unspecified atom stereocenters. The van der Waals surface area contributed by atoms with Crippen LogP contribution in [-0.2, 0) is 0 Å². The monoisotopic (exact) mass is 347 g/mol. The van der Waals surface area contributed by atoms with Crippen molar-refractivity contribution in [2.45, 2.75) is 0 Å². The molecule has 6 heteroatoms. The molecule has 0 aliphatic rings. The summed E-state index contributed by atoms with van der Waals surface area (Å²) >= 11 is 1.36. The number of para-hydroxylation sites is 3. The van der Waals surface area contributed by atoms with Gasteiger partial charge in [-0.2, -0.15) is 0 Å². The van der Waals surface area contributed by atoms with E-state index in [1.807, 2.05) is 41.8 Å². The number of amides is 1. The van der Waals surface area contributed by atoms with E-state index in [0.717, 1.165) is 0 Å². The summed E-state index contributed by atoms with van der Waals surface area (Å²) in [5, 5.41) is 4.71. The minimum Gasteiger partial charge on any atom is -0.321 e. The molecule has 0 saturated carbocycles. The molecule has 2 aromatic carbocycles. The Balaban J connectivity index is 1.80. The molecule has 0 fully saturated rings. The Hall–Kier alpha value is -3.25. The van der Waals surface area contributed by atoms with E-state index in [1.165, 1.54) is 11.3 Å². The van der Waals surface area contributed by atoms with Gasteiger partial charge in [-0.15, -0.1) is 11.3 Å².